The molecule has 0 rings (SSSR count). The molecule has 1 atom stereocenters. The third-order valence-corrected chi connectivity index (χ3v) is 2.87. The molecule has 0 aliphatic heterocycles. The average molecular weight is 263 g/mol. The Kier molecular flexibility index (Phi) is 7.56. The fraction of sp³-hybridized carbons (Fsp3) is 0.833. The third kappa shape index (κ3) is 8.76. The number of hydrogen-bond donors (Lipinski definition) is 0. The van der Waals surface area contributed by atoms with Crippen LogP contribution in [0.5, 0.6) is 0 Å². The van der Waals surface area contributed by atoms with Crippen molar-refractivity contribution in [3.63, 3.8) is 0 Å². The van der Waals surface area contributed by atoms with Crippen molar-refractivity contribution in [2.24, 2.45) is 5.92 Å². The predicted octanol–water partition coefficient (Wildman–Crippen LogP) is 4.17. The zero-order chi connectivity index (χ0) is 11.0. The smallest absolute Gasteiger partial charge is 0.0598 e. The van der Waals surface area contributed by atoms with Gasteiger partial charge in [-0.1, -0.05) is 28.4 Å². The molecule has 0 saturated carbocycles. The largest absolute Gasteiger partial charge is 0.376 e. The van der Waals surface area contributed by atoms with Crippen LogP contribution in [0.15, 0.2) is 12.7 Å². The molecule has 0 aromatic carbocycles. The van der Waals surface area contributed by atoms with Crippen LogP contribution in [0, 0.1) is 5.92 Å². The van der Waals surface area contributed by atoms with Crippen molar-refractivity contribution in [2.75, 3.05) is 11.9 Å². The van der Waals surface area contributed by atoms with Gasteiger partial charge in [-0.3, -0.25) is 0 Å². The third-order valence-electron chi connectivity index (χ3n) is 2.04. The molecule has 0 fully saturated rings. The van der Waals surface area contributed by atoms with Gasteiger partial charge in [0, 0.05) is 11.9 Å². The second kappa shape index (κ2) is 7.47. The van der Waals surface area contributed by atoms with Crippen LogP contribution in [0.25, 0.3) is 0 Å². The summed E-state index contributed by atoms with van der Waals surface area (Å²) in [5.41, 5.74) is 0.00720. The summed E-state index contributed by atoms with van der Waals surface area (Å²) in [5.74, 6) is 0.615. The summed E-state index contributed by atoms with van der Waals surface area (Å²) in [6.07, 6.45) is 5.61. The number of alkyl halides is 1. The number of allylic oxidation sites excluding steroid dienone is 1. The van der Waals surface area contributed by atoms with E-state index in [4.69, 9.17) is 4.74 Å². The maximum absolute atomic E-state index is 5.64. The molecule has 84 valence electrons. The molecule has 0 saturated heterocycles. The Hall–Kier alpha value is 0.180. The van der Waals surface area contributed by atoms with Gasteiger partial charge in [-0.15, -0.1) is 6.58 Å². The zero-order valence-electron chi connectivity index (χ0n) is 9.68. The second-order valence-corrected chi connectivity index (χ2v) is 5.25. The summed E-state index contributed by atoms with van der Waals surface area (Å²) in [7, 11) is 0. The number of rotatable bonds is 7. The normalized spacial score (nSPS) is 14.0. The summed E-state index contributed by atoms with van der Waals surface area (Å²) in [6.45, 7) is 11.0. The number of hydrogen-bond acceptors (Lipinski definition) is 1. The standard InChI is InChI=1S/C12H23BrO/c1-5-11(10-13)8-6-7-9-14-12(2,3)4/h5,11H,1,6-10H2,2-4H3/t11-/m0/s1. The summed E-state index contributed by atoms with van der Waals surface area (Å²) < 4.78 is 5.64. The quantitative estimate of drug-likeness (QED) is 0.380. The van der Waals surface area contributed by atoms with Gasteiger partial charge in [0.1, 0.15) is 0 Å². The lowest BCUT2D eigenvalue weighted by atomic mass is 10.0. The van der Waals surface area contributed by atoms with Gasteiger partial charge in [0.25, 0.3) is 0 Å². The first-order chi connectivity index (χ1) is 6.49. The van der Waals surface area contributed by atoms with Crippen LogP contribution in [0.2, 0.25) is 0 Å². The number of ether oxygens (including phenoxy) is 1. The predicted molar refractivity (Wildman–Crippen MR) is 67.0 cm³/mol. The average Bonchev–Trinajstić information content (AvgIpc) is 2.09. The summed E-state index contributed by atoms with van der Waals surface area (Å²) in [5, 5.41) is 1.02. The Bertz CT molecular complexity index is 149. The van der Waals surface area contributed by atoms with Crippen LogP contribution in [-0.2, 0) is 4.74 Å². The highest BCUT2D eigenvalue weighted by molar-refractivity contribution is 9.09. The lowest BCUT2D eigenvalue weighted by Crippen LogP contribution is -2.19. The Morgan fingerprint density at radius 2 is 2.00 bits per heavy atom. The topological polar surface area (TPSA) is 9.23 Å². The number of unbranched alkanes of at least 4 members (excludes halogenated alkanes) is 1. The maximum atomic E-state index is 5.64. The second-order valence-electron chi connectivity index (χ2n) is 4.61. The van der Waals surface area contributed by atoms with Crippen molar-refractivity contribution in [1.29, 1.82) is 0 Å². The van der Waals surface area contributed by atoms with E-state index >= 15 is 0 Å². The first-order valence-corrected chi connectivity index (χ1v) is 6.44. The monoisotopic (exact) mass is 262 g/mol. The van der Waals surface area contributed by atoms with Crippen molar-refractivity contribution in [3.05, 3.63) is 12.7 Å². The highest BCUT2D eigenvalue weighted by Gasteiger charge is 2.09. The Morgan fingerprint density at radius 1 is 1.36 bits per heavy atom. The van der Waals surface area contributed by atoms with Gasteiger partial charge < -0.3 is 4.74 Å². The van der Waals surface area contributed by atoms with Gasteiger partial charge >= 0.3 is 0 Å². The van der Waals surface area contributed by atoms with E-state index in [2.05, 4.69) is 43.3 Å². The van der Waals surface area contributed by atoms with Crippen molar-refractivity contribution < 1.29 is 4.74 Å². The molecule has 0 aliphatic rings. The maximum Gasteiger partial charge on any atom is 0.0598 e. The minimum absolute atomic E-state index is 0.00720. The van der Waals surface area contributed by atoms with Crippen molar-refractivity contribution in [2.45, 2.75) is 45.6 Å². The van der Waals surface area contributed by atoms with Crippen LogP contribution in [0.1, 0.15) is 40.0 Å². The van der Waals surface area contributed by atoms with Crippen molar-refractivity contribution in [1.82, 2.24) is 0 Å². The molecule has 0 aromatic heterocycles. The molecule has 0 heterocycles. The van der Waals surface area contributed by atoms with Crippen LogP contribution in [-0.4, -0.2) is 17.5 Å². The first kappa shape index (κ1) is 14.2. The molecule has 2 heteroatoms. The van der Waals surface area contributed by atoms with Crippen LogP contribution < -0.4 is 0 Å². The molecule has 14 heavy (non-hydrogen) atoms. The minimum atomic E-state index is 0.00720. The lowest BCUT2D eigenvalue weighted by molar-refractivity contribution is -0.00485. The molecule has 0 spiro atoms. The molecular formula is C12H23BrO. The molecule has 0 N–H and O–H groups in total. The molecule has 0 aliphatic carbocycles. The zero-order valence-corrected chi connectivity index (χ0v) is 11.3. The number of halogens is 1. The van der Waals surface area contributed by atoms with Gasteiger partial charge in [0.15, 0.2) is 0 Å². The van der Waals surface area contributed by atoms with E-state index in [0.717, 1.165) is 18.4 Å². The first-order valence-electron chi connectivity index (χ1n) is 5.32. The van der Waals surface area contributed by atoms with Gasteiger partial charge in [0.2, 0.25) is 0 Å². The van der Waals surface area contributed by atoms with Gasteiger partial charge in [-0.25, -0.2) is 0 Å². The molecule has 0 radical (unpaired) electrons. The van der Waals surface area contributed by atoms with E-state index in [0.29, 0.717) is 5.92 Å². The van der Waals surface area contributed by atoms with Crippen LogP contribution in [0.3, 0.4) is 0 Å². The molecular weight excluding hydrogens is 240 g/mol. The minimum Gasteiger partial charge on any atom is -0.376 e. The fourth-order valence-electron chi connectivity index (χ4n) is 1.14. The van der Waals surface area contributed by atoms with Gasteiger partial charge in [0.05, 0.1) is 5.60 Å². The molecule has 0 amide bonds. The Morgan fingerprint density at radius 3 is 2.43 bits per heavy atom. The fourth-order valence-corrected chi connectivity index (χ4v) is 1.73. The molecule has 0 aromatic rings. The van der Waals surface area contributed by atoms with E-state index in [1.54, 1.807) is 0 Å². The van der Waals surface area contributed by atoms with Crippen LogP contribution in [0.4, 0.5) is 0 Å². The van der Waals surface area contributed by atoms with E-state index in [-0.39, 0.29) is 5.60 Å². The van der Waals surface area contributed by atoms with Gasteiger partial charge in [-0.05, 0) is 39.5 Å². The van der Waals surface area contributed by atoms with E-state index in [1.165, 1.54) is 12.8 Å². The highest BCUT2D eigenvalue weighted by Crippen LogP contribution is 2.13. The Labute approximate surface area is 97.0 Å². The highest BCUT2D eigenvalue weighted by atomic mass is 79.9. The van der Waals surface area contributed by atoms with Crippen LogP contribution >= 0.6 is 15.9 Å². The Balaban J connectivity index is 3.33. The van der Waals surface area contributed by atoms with Crippen molar-refractivity contribution >= 4 is 15.9 Å². The van der Waals surface area contributed by atoms with E-state index in [9.17, 15) is 0 Å². The summed E-state index contributed by atoms with van der Waals surface area (Å²) in [4.78, 5) is 0. The summed E-state index contributed by atoms with van der Waals surface area (Å²) >= 11 is 3.47. The SMILES string of the molecule is C=C[C@H](CBr)CCCCOC(C)(C)C. The molecule has 0 unspecified atom stereocenters. The molecule has 1 nitrogen and oxygen atoms in total. The van der Waals surface area contributed by atoms with Gasteiger partial charge in [-0.2, -0.15) is 0 Å². The van der Waals surface area contributed by atoms with E-state index < -0.39 is 0 Å². The lowest BCUT2D eigenvalue weighted by Gasteiger charge is -2.19. The molecule has 0 bridgehead atoms. The summed E-state index contributed by atoms with van der Waals surface area (Å²) in [6, 6.07) is 0. The van der Waals surface area contributed by atoms with Crippen molar-refractivity contribution in [3.8, 4) is 0 Å². The van der Waals surface area contributed by atoms with E-state index in [1.807, 2.05) is 6.08 Å².